The molecular formula is C23H29N3O4. The molecule has 2 atom stereocenters. The minimum Gasteiger partial charge on any atom is -0.445 e. The molecule has 0 saturated heterocycles. The first-order valence-corrected chi connectivity index (χ1v) is 9.96. The number of carbonyl (C=O) groups is 3. The van der Waals surface area contributed by atoms with Crippen molar-refractivity contribution in [3.05, 3.63) is 71.8 Å². The molecule has 0 bridgehead atoms. The fraction of sp³-hybridized carbons (Fsp3) is 0.348. The van der Waals surface area contributed by atoms with Gasteiger partial charge >= 0.3 is 6.09 Å². The Morgan fingerprint density at radius 1 is 0.867 bits per heavy atom. The topological polar surface area (TPSA) is 111 Å². The van der Waals surface area contributed by atoms with E-state index >= 15 is 0 Å². The van der Waals surface area contributed by atoms with Gasteiger partial charge in [0.1, 0.15) is 18.7 Å². The molecule has 2 aromatic carbocycles. The van der Waals surface area contributed by atoms with Gasteiger partial charge in [-0.15, -0.1) is 0 Å². The largest absolute Gasteiger partial charge is 0.445 e. The van der Waals surface area contributed by atoms with Crippen molar-refractivity contribution in [3.63, 3.8) is 0 Å². The third-order valence-corrected chi connectivity index (χ3v) is 4.47. The lowest BCUT2D eigenvalue weighted by Crippen LogP contribution is -2.54. The molecule has 7 nitrogen and oxygen atoms in total. The third-order valence-electron chi connectivity index (χ3n) is 4.47. The van der Waals surface area contributed by atoms with Crippen LogP contribution in [0.4, 0.5) is 4.79 Å². The number of amides is 3. The van der Waals surface area contributed by atoms with Gasteiger partial charge in [0.15, 0.2) is 0 Å². The fourth-order valence-electron chi connectivity index (χ4n) is 2.96. The van der Waals surface area contributed by atoms with E-state index in [1.165, 1.54) is 0 Å². The highest BCUT2D eigenvalue weighted by Gasteiger charge is 2.27. The van der Waals surface area contributed by atoms with Gasteiger partial charge in [0.05, 0.1) is 0 Å². The lowest BCUT2D eigenvalue weighted by atomic mass is 10.0. The molecule has 2 rings (SSSR count). The number of nitrogens with two attached hydrogens (primary N) is 1. The smallest absolute Gasteiger partial charge is 0.408 e. The van der Waals surface area contributed by atoms with Gasteiger partial charge in [-0.25, -0.2) is 4.79 Å². The van der Waals surface area contributed by atoms with Gasteiger partial charge in [0.2, 0.25) is 11.8 Å². The molecule has 0 fully saturated rings. The molecule has 0 radical (unpaired) electrons. The van der Waals surface area contributed by atoms with Gasteiger partial charge < -0.3 is 21.1 Å². The Bertz CT molecular complexity index is 825. The zero-order valence-corrected chi connectivity index (χ0v) is 17.3. The van der Waals surface area contributed by atoms with Crippen LogP contribution in [0.3, 0.4) is 0 Å². The zero-order valence-electron chi connectivity index (χ0n) is 17.3. The first kappa shape index (κ1) is 22.9. The second-order valence-corrected chi connectivity index (χ2v) is 7.54. The summed E-state index contributed by atoms with van der Waals surface area (Å²) in [5.74, 6) is -0.929. The van der Waals surface area contributed by atoms with Crippen molar-refractivity contribution in [1.82, 2.24) is 10.6 Å². The summed E-state index contributed by atoms with van der Waals surface area (Å²) in [5, 5.41) is 5.27. The molecule has 2 aromatic rings. The molecule has 3 amide bonds. The van der Waals surface area contributed by atoms with Crippen LogP contribution in [0.2, 0.25) is 0 Å². The predicted octanol–water partition coefficient (Wildman–Crippen LogP) is 2.54. The summed E-state index contributed by atoms with van der Waals surface area (Å²) in [4.78, 5) is 36.9. The molecule has 0 aliphatic carbocycles. The van der Waals surface area contributed by atoms with E-state index in [2.05, 4.69) is 10.6 Å². The van der Waals surface area contributed by atoms with Crippen molar-refractivity contribution in [2.75, 3.05) is 0 Å². The number of nitrogens with one attached hydrogen (secondary N) is 2. The zero-order chi connectivity index (χ0) is 21.9. The number of carbonyl (C=O) groups excluding carboxylic acids is 3. The summed E-state index contributed by atoms with van der Waals surface area (Å²) in [5.41, 5.74) is 7.13. The Labute approximate surface area is 177 Å². The van der Waals surface area contributed by atoms with Gasteiger partial charge in [-0.3, -0.25) is 9.59 Å². The van der Waals surface area contributed by atoms with Crippen molar-refractivity contribution in [1.29, 1.82) is 0 Å². The summed E-state index contributed by atoms with van der Waals surface area (Å²) < 4.78 is 5.24. The van der Waals surface area contributed by atoms with E-state index in [4.69, 9.17) is 10.5 Å². The van der Waals surface area contributed by atoms with Gasteiger partial charge in [0, 0.05) is 6.42 Å². The number of alkyl carbamates (subject to hydrolysis) is 1. The van der Waals surface area contributed by atoms with Crippen molar-refractivity contribution in [2.45, 2.75) is 45.4 Å². The van der Waals surface area contributed by atoms with Gasteiger partial charge in [-0.2, -0.15) is 0 Å². The lowest BCUT2D eigenvalue weighted by Gasteiger charge is -2.23. The number of rotatable bonds is 10. The Kier molecular flexibility index (Phi) is 8.87. The molecule has 0 unspecified atom stereocenters. The van der Waals surface area contributed by atoms with Crippen molar-refractivity contribution >= 4 is 17.9 Å². The molecule has 0 aliphatic heterocycles. The van der Waals surface area contributed by atoms with Crippen LogP contribution in [0, 0.1) is 5.92 Å². The van der Waals surface area contributed by atoms with Crippen molar-refractivity contribution in [3.8, 4) is 0 Å². The Morgan fingerprint density at radius 2 is 1.43 bits per heavy atom. The molecule has 0 spiro atoms. The number of primary amides is 1. The summed E-state index contributed by atoms with van der Waals surface area (Å²) in [6.07, 6.45) is -0.0490. The number of benzene rings is 2. The van der Waals surface area contributed by atoms with Crippen LogP contribution in [-0.2, 0) is 27.4 Å². The molecule has 160 valence electrons. The molecule has 0 aliphatic rings. The maximum Gasteiger partial charge on any atom is 0.408 e. The first-order valence-electron chi connectivity index (χ1n) is 9.96. The van der Waals surface area contributed by atoms with E-state index in [0.717, 1.165) is 11.1 Å². The average Bonchev–Trinajstić information content (AvgIpc) is 2.72. The second-order valence-electron chi connectivity index (χ2n) is 7.54. The number of ether oxygens (including phenoxy) is 1. The molecule has 0 saturated carbocycles. The summed E-state index contributed by atoms with van der Waals surface area (Å²) in [6, 6.07) is 16.8. The molecule has 7 heteroatoms. The van der Waals surface area contributed by atoms with Crippen LogP contribution in [-0.4, -0.2) is 30.0 Å². The highest BCUT2D eigenvalue weighted by Crippen LogP contribution is 2.08. The molecule has 4 N–H and O–H groups in total. The average molecular weight is 412 g/mol. The first-order chi connectivity index (χ1) is 14.3. The quantitative estimate of drug-likeness (QED) is 0.558. The van der Waals surface area contributed by atoms with E-state index in [1.807, 2.05) is 74.5 Å². The summed E-state index contributed by atoms with van der Waals surface area (Å²) >= 11 is 0. The van der Waals surface area contributed by atoms with Crippen LogP contribution >= 0.6 is 0 Å². The van der Waals surface area contributed by atoms with E-state index in [-0.39, 0.29) is 18.9 Å². The minimum absolute atomic E-state index is 0.0869. The van der Waals surface area contributed by atoms with E-state index in [9.17, 15) is 14.4 Å². The monoisotopic (exact) mass is 411 g/mol. The third kappa shape index (κ3) is 7.95. The van der Waals surface area contributed by atoms with Crippen LogP contribution in [0.5, 0.6) is 0 Å². The van der Waals surface area contributed by atoms with Crippen LogP contribution < -0.4 is 16.4 Å². The Hall–Kier alpha value is -3.35. The van der Waals surface area contributed by atoms with Gasteiger partial charge in [0.25, 0.3) is 0 Å². The highest BCUT2D eigenvalue weighted by molar-refractivity contribution is 5.90. The predicted molar refractivity (Wildman–Crippen MR) is 114 cm³/mol. The van der Waals surface area contributed by atoms with Crippen molar-refractivity contribution < 1.29 is 19.1 Å². The molecule has 0 aromatic heterocycles. The Balaban J connectivity index is 2.06. The second kappa shape index (κ2) is 11.6. The van der Waals surface area contributed by atoms with Gasteiger partial charge in [-0.05, 0) is 23.5 Å². The maximum absolute atomic E-state index is 12.9. The highest BCUT2D eigenvalue weighted by atomic mass is 16.5. The standard InChI is InChI=1S/C23H29N3O4/c1-16(2)13-19(21(24)27)25-22(28)20(14-17-9-5-3-6-10-17)26-23(29)30-15-18-11-7-4-8-12-18/h3-12,16,19-20H,13-15H2,1-2H3,(H2,24,27)(H,25,28)(H,26,29)/t19-,20+/m1/s1. The normalized spacial score (nSPS) is 12.6. The number of hydrogen-bond acceptors (Lipinski definition) is 4. The van der Waals surface area contributed by atoms with Crippen LogP contribution in [0.25, 0.3) is 0 Å². The lowest BCUT2D eigenvalue weighted by molar-refractivity contribution is -0.128. The van der Waals surface area contributed by atoms with Crippen LogP contribution in [0.15, 0.2) is 60.7 Å². The molecule has 0 heterocycles. The van der Waals surface area contributed by atoms with E-state index in [1.54, 1.807) is 0 Å². The Morgan fingerprint density at radius 3 is 1.97 bits per heavy atom. The SMILES string of the molecule is CC(C)C[C@@H](NC(=O)[C@H](Cc1ccccc1)NC(=O)OCc1ccccc1)C(N)=O. The maximum atomic E-state index is 12.9. The van der Waals surface area contributed by atoms with E-state index < -0.39 is 30.0 Å². The molecular weight excluding hydrogens is 382 g/mol. The fourth-order valence-corrected chi connectivity index (χ4v) is 2.96. The summed E-state index contributed by atoms with van der Waals surface area (Å²) in [7, 11) is 0. The van der Waals surface area contributed by atoms with E-state index in [0.29, 0.717) is 6.42 Å². The minimum atomic E-state index is -0.912. The van der Waals surface area contributed by atoms with Crippen molar-refractivity contribution in [2.24, 2.45) is 11.7 Å². The number of hydrogen-bond donors (Lipinski definition) is 3. The molecule has 30 heavy (non-hydrogen) atoms. The van der Waals surface area contributed by atoms with Gasteiger partial charge in [-0.1, -0.05) is 74.5 Å². The van der Waals surface area contributed by atoms with Crippen LogP contribution in [0.1, 0.15) is 31.4 Å². The summed E-state index contributed by atoms with van der Waals surface area (Å²) in [6.45, 7) is 3.95.